The van der Waals surface area contributed by atoms with Crippen molar-refractivity contribution in [3.05, 3.63) is 130 Å². The zero-order valence-corrected chi connectivity index (χ0v) is 19.1. The summed E-state index contributed by atoms with van der Waals surface area (Å²) in [6.45, 7) is 0.561. The number of phenolic OH excluding ortho intramolecular Hbond substituents is 1. The lowest BCUT2D eigenvalue weighted by Gasteiger charge is -2.14. The SMILES string of the molecule is O=C(C=Cc1ccc(Cl)cc1)c1c(O)cc(OCc2ccccc2)cc1OCc1ccccc1. The molecule has 4 rings (SSSR count). The molecule has 0 saturated carbocycles. The van der Waals surface area contributed by atoms with Crippen molar-refractivity contribution >= 4 is 23.5 Å². The molecule has 0 saturated heterocycles. The van der Waals surface area contributed by atoms with E-state index in [-0.39, 0.29) is 29.5 Å². The number of halogens is 1. The molecule has 1 N–H and O–H groups in total. The Kier molecular flexibility index (Phi) is 7.63. The molecular weight excluding hydrogens is 448 g/mol. The van der Waals surface area contributed by atoms with Gasteiger partial charge in [0, 0.05) is 17.2 Å². The number of hydrogen-bond donors (Lipinski definition) is 1. The van der Waals surface area contributed by atoms with Crippen LogP contribution in [0.2, 0.25) is 5.02 Å². The topological polar surface area (TPSA) is 55.8 Å². The van der Waals surface area contributed by atoms with E-state index < -0.39 is 0 Å². The summed E-state index contributed by atoms with van der Waals surface area (Å²) in [5.74, 6) is 0.0600. The van der Waals surface area contributed by atoms with E-state index >= 15 is 0 Å². The van der Waals surface area contributed by atoms with E-state index in [1.807, 2.05) is 60.7 Å². The monoisotopic (exact) mass is 470 g/mol. The lowest BCUT2D eigenvalue weighted by atomic mass is 10.1. The summed E-state index contributed by atoms with van der Waals surface area (Å²) in [6.07, 6.45) is 3.07. The summed E-state index contributed by atoms with van der Waals surface area (Å²) < 4.78 is 11.8. The zero-order chi connectivity index (χ0) is 23.8. The van der Waals surface area contributed by atoms with Crippen LogP contribution < -0.4 is 9.47 Å². The van der Waals surface area contributed by atoms with Crippen LogP contribution in [0.4, 0.5) is 0 Å². The van der Waals surface area contributed by atoms with Crippen LogP contribution in [0.25, 0.3) is 6.08 Å². The van der Waals surface area contributed by atoms with E-state index in [4.69, 9.17) is 21.1 Å². The summed E-state index contributed by atoms with van der Waals surface area (Å²) in [5, 5.41) is 11.4. The summed E-state index contributed by atoms with van der Waals surface area (Å²) >= 11 is 5.92. The van der Waals surface area contributed by atoms with Crippen LogP contribution in [-0.4, -0.2) is 10.9 Å². The highest BCUT2D eigenvalue weighted by Crippen LogP contribution is 2.35. The molecule has 0 bridgehead atoms. The van der Waals surface area contributed by atoms with E-state index in [9.17, 15) is 9.90 Å². The standard InChI is InChI=1S/C29H23ClO4/c30-24-14-11-21(12-15-24)13-16-26(31)29-27(32)17-25(33-19-22-7-3-1-4-8-22)18-28(29)34-20-23-9-5-2-6-10-23/h1-18,32H,19-20H2. The molecule has 0 aromatic heterocycles. The third-order valence-electron chi connectivity index (χ3n) is 5.08. The van der Waals surface area contributed by atoms with E-state index in [1.165, 1.54) is 12.1 Å². The van der Waals surface area contributed by atoms with Gasteiger partial charge in [0.15, 0.2) is 5.78 Å². The van der Waals surface area contributed by atoms with E-state index in [0.29, 0.717) is 17.4 Å². The summed E-state index contributed by atoms with van der Waals surface area (Å²) in [7, 11) is 0. The average Bonchev–Trinajstić information content (AvgIpc) is 2.87. The first-order chi connectivity index (χ1) is 16.6. The van der Waals surface area contributed by atoms with Gasteiger partial charge in [-0.15, -0.1) is 0 Å². The van der Waals surface area contributed by atoms with Gasteiger partial charge >= 0.3 is 0 Å². The van der Waals surface area contributed by atoms with Crippen LogP contribution in [0.5, 0.6) is 17.2 Å². The fourth-order valence-electron chi connectivity index (χ4n) is 3.33. The molecule has 0 radical (unpaired) electrons. The highest BCUT2D eigenvalue weighted by Gasteiger charge is 2.18. The van der Waals surface area contributed by atoms with Crippen molar-refractivity contribution in [3.8, 4) is 17.2 Å². The first-order valence-electron chi connectivity index (χ1n) is 10.8. The Labute approximate surface area is 203 Å². The van der Waals surface area contributed by atoms with Crippen molar-refractivity contribution in [1.29, 1.82) is 0 Å². The third kappa shape index (κ3) is 6.27. The fraction of sp³-hybridized carbons (Fsp3) is 0.0690. The molecular formula is C29H23ClO4. The predicted molar refractivity (Wildman–Crippen MR) is 134 cm³/mol. The average molecular weight is 471 g/mol. The Bertz CT molecular complexity index is 1270. The van der Waals surface area contributed by atoms with Crippen LogP contribution in [0.15, 0.2) is 103 Å². The summed E-state index contributed by atoms with van der Waals surface area (Å²) in [6, 6.07) is 29.5. The van der Waals surface area contributed by atoms with Crippen LogP contribution in [0, 0.1) is 0 Å². The van der Waals surface area contributed by atoms with Gasteiger partial charge in [-0.1, -0.05) is 90.5 Å². The molecule has 0 aliphatic heterocycles. The van der Waals surface area contributed by atoms with Gasteiger partial charge < -0.3 is 14.6 Å². The number of carbonyl (C=O) groups excluding carboxylic acids is 1. The van der Waals surface area contributed by atoms with Crippen LogP contribution in [0.1, 0.15) is 27.0 Å². The lowest BCUT2D eigenvalue weighted by Crippen LogP contribution is -2.04. The molecule has 0 spiro atoms. The van der Waals surface area contributed by atoms with Crippen LogP contribution >= 0.6 is 11.6 Å². The summed E-state index contributed by atoms with van der Waals surface area (Å²) in [5.41, 5.74) is 2.81. The van der Waals surface area contributed by atoms with Crippen molar-refractivity contribution in [2.24, 2.45) is 0 Å². The maximum Gasteiger partial charge on any atom is 0.193 e. The number of phenols is 1. The van der Waals surface area contributed by atoms with Gasteiger partial charge in [-0.3, -0.25) is 4.79 Å². The normalized spacial score (nSPS) is 10.9. The molecule has 0 amide bonds. The Hall–Kier alpha value is -4.02. The maximum atomic E-state index is 13.0. The molecule has 0 unspecified atom stereocenters. The second-order valence-corrected chi connectivity index (χ2v) is 8.05. The lowest BCUT2D eigenvalue weighted by molar-refractivity contribution is 0.104. The predicted octanol–water partition coefficient (Wildman–Crippen LogP) is 7.10. The minimum Gasteiger partial charge on any atom is -0.507 e. The van der Waals surface area contributed by atoms with Gasteiger partial charge in [0.05, 0.1) is 0 Å². The van der Waals surface area contributed by atoms with Crippen molar-refractivity contribution in [1.82, 2.24) is 0 Å². The maximum absolute atomic E-state index is 13.0. The van der Waals surface area contributed by atoms with Crippen molar-refractivity contribution in [3.63, 3.8) is 0 Å². The smallest absolute Gasteiger partial charge is 0.193 e. The third-order valence-corrected chi connectivity index (χ3v) is 5.34. The van der Waals surface area contributed by atoms with Gasteiger partial charge in [-0.25, -0.2) is 0 Å². The number of carbonyl (C=O) groups is 1. The van der Waals surface area contributed by atoms with E-state index in [0.717, 1.165) is 16.7 Å². The first-order valence-corrected chi connectivity index (χ1v) is 11.1. The fourth-order valence-corrected chi connectivity index (χ4v) is 3.45. The number of benzene rings is 4. The highest BCUT2D eigenvalue weighted by molar-refractivity contribution is 6.30. The van der Waals surface area contributed by atoms with Crippen LogP contribution in [-0.2, 0) is 13.2 Å². The largest absolute Gasteiger partial charge is 0.507 e. The van der Waals surface area contributed by atoms with Crippen molar-refractivity contribution in [2.75, 3.05) is 0 Å². The molecule has 4 nitrogen and oxygen atoms in total. The second kappa shape index (κ2) is 11.2. The first kappa shape index (κ1) is 23.1. The molecule has 0 atom stereocenters. The highest BCUT2D eigenvalue weighted by atomic mass is 35.5. The molecule has 170 valence electrons. The van der Waals surface area contributed by atoms with Crippen LogP contribution in [0.3, 0.4) is 0 Å². The number of ketones is 1. The Morgan fingerprint density at radius 1 is 0.794 bits per heavy atom. The minimum absolute atomic E-state index is 0.0770. The van der Waals surface area contributed by atoms with Gasteiger partial charge in [-0.2, -0.15) is 0 Å². The van der Waals surface area contributed by atoms with Gasteiger partial charge in [-0.05, 0) is 34.9 Å². The number of ether oxygens (including phenoxy) is 2. The summed E-state index contributed by atoms with van der Waals surface area (Å²) in [4.78, 5) is 13.0. The van der Waals surface area contributed by atoms with E-state index in [2.05, 4.69) is 0 Å². The van der Waals surface area contributed by atoms with Crippen molar-refractivity contribution in [2.45, 2.75) is 13.2 Å². The Morgan fingerprint density at radius 2 is 1.38 bits per heavy atom. The van der Waals surface area contributed by atoms with Gasteiger partial charge in [0.25, 0.3) is 0 Å². The Morgan fingerprint density at radius 3 is 2.00 bits per heavy atom. The minimum atomic E-state index is -0.384. The molecule has 0 aliphatic rings. The molecule has 0 heterocycles. The Balaban J connectivity index is 1.59. The number of allylic oxidation sites excluding steroid dienone is 1. The molecule has 0 aliphatic carbocycles. The second-order valence-electron chi connectivity index (χ2n) is 7.61. The number of rotatable bonds is 9. The van der Waals surface area contributed by atoms with Gasteiger partial charge in [0.2, 0.25) is 0 Å². The molecule has 4 aromatic carbocycles. The molecule has 0 fully saturated rings. The van der Waals surface area contributed by atoms with Gasteiger partial charge in [0.1, 0.15) is 36.0 Å². The quantitative estimate of drug-likeness (QED) is 0.209. The molecule has 34 heavy (non-hydrogen) atoms. The zero-order valence-electron chi connectivity index (χ0n) is 18.4. The number of aromatic hydroxyl groups is 1. The number of hydrogen-bond acceptors (Lipinski definition) is 4. The molecule has 5 heteroatoms. The molecule has 4 aromatic rings. The van der Waals surface area contributed by atoms with E-state index in [1.54, 1.807) is 36.4 Å². The van der Waals surface area contributed by atoms with Crippen molar-refractivity contribution < 1.29 is 19.4 Å².